The molecule has 2 heteroatoms. The summed E-state index contributed by atoms with van der Waals surface area (Å²) in [6.07, 6.45) is 5.27. The highest BCUT2D eigenvalue weighted by Gasteiger charge is 2.33. The van der Waals surface area contributed by atoms with Crippen molar-refractivity contribution in [1.82, 2.24) is 0 Å². The highest BCUT2D eigenvalue weighted by Crippen LogP contribution is 2.40. The molecule has 2 atom stereocenters. The van der Waals surface area contributed by atoms with Crippen LogP contribution in [0, 0.1) is 5.41 Å². The number of hydrogen-bond acceptors (Lipinski definition) is 2. The van der Waals surface area contributed by atoms with Crippen LogP contribution in [0.1, 0.15) is 37.3 Å². The van der Waals surface area contributed by atoms with Crippen molar-refractivity contribution in [2.24, 2.45) is 5.41 Å². The molecular formula is C15H20O2. The van der Waals surface area contributed by atoms with Crippen molar-refractivity contribution < 1.29 is 9.90 Å². The van der Waals surface area contributed by atoms with Gasteiger partial charge in [0.15, 0.2) is 0 Å². The van der Waals surface area contributed by atoms with E-state index in [-0.39, 0.29) is 11.5 Å². The van der Waals surface area contributed by atoms with Crippen LogP contribution in [0.2, 0.25) is 0 Å². The van der Waals surface area contributed by atoms with Gasteiger partial charge < -0.3 is 9.90 Å². The van der Waals surface area contributed by atoms with Crippen molar-refractivity contribution >= 4 is 6.29 Å². The molecule has 2 unspecified atom stereocenters. The molecule has 0 spiro atoms. The Morgan fingerprint density at radius 3 is 2.53 bits per heavy atom. The Morgan fingerprint density at radius 1 is 1.35 bits per heavy atom. The summed E-state index contributed by atoms with van der Waals surface area (Å²) < 4.78 is 0. The van der Waals surface area contributed by atoms with Gasteiger partial charge in [-0.25, -0.2) is 0 Å². The molecule has 0 aliphatic heterocycles. The van der Waals surface area contributed by atoms with Crippen LogP contribution >= 0.6 is 0 Å². The Morgan fingerprint density at radius 2 is 2.00 bits per heavy atom. The second-order valence-electron chi connectivity index (χ2n) is 5.57. The van der Waals surface area contributed by atoms with E-state index in [4.69, 9.17) is 0 Å². The first-order chi connectivity index (χ1) is 8.11. The van der Waals surface area contributed by atoms with Gasteiger partial charge in [-0.05, 0) is 42.2 Å². The summed E-state index contributed by atoms with van der Waals surface area (Å²) >= 11 is 0. The second kappa shape index (κ2) is 5.01. The van der Waals surface area contributed by atoms with Gasteiger partial charge in [0.2, 0.25) is 0 Å². The fourth-order valence-electron chi connectivity index (χ4n) is 2.83. The first-order valence-corrected chi connectivity index (χ1v) is 6.31. The Labute approximate surface area is 103 Å². The molecule has 1 aromatic carbocycles. The van der Waals surface area contributed by atoms with E-state index in [1.807, 2.05) is 12.1 Å². The van der Waals surface area contributed by atoms with Crippen molar-refractivity contribution in [1.29, 1.82) is 0 Å². The number of carbonyl (C=O) groups is 1. The van der Waals surface area contributed by atoms with Gasteiger partial charge in [0.05, 0.1) is 6.10 Å². The van der Waals surface area contributed by atoms with Gasteiger partial charge in [-0.1, -0.05) is 31.2 Å². The third kappa shape index (κ3) is 3.16. The predicted molar refractivity (Wildman–Crippen MR) is 67.9 cm³/mol. The van der Waals surface area contributed by atoms with Crippen LogP contribution in [0.5, 0.6) is 0 Å². The quantitative estimate of drug-likeness (QED) is 0.810. The van der Waals surface area contributed by atoms with Crippen LogP contribution in [-0.4, -0.2) is 17.5 Å². The number of aliphatic hydroxyl groups is 1. The van der Waals surface area contributed by atoms with Gasteiger partial charge >= 0.3 is 0 Å². The molecule has 2 nitrogen and oxygen atoms in total. The van der Waals surface area contributed by atoms with Gasteiger partial charge in [0.1, 0.15) is 6.29 Å². The maximum atomic E-state index is 10.4. The van der Waals surface area contributed by atoms with Gasteiger partial charge in [0.25, 0.3) is 0 Å². The number of aliphatic hydroxyl groups excluding tert-OH is 1. The molecule has 92 valence electrons. The molecule has 1 fully saturated rings. The van der Waals surface area contributed by atoms with Crippen LogP contribution in [0.3, 0.4) is 0 Å². The molecule has 1 aromatic rings. The lowest BCUT2D eigenvalue weighted by molar-refractivity contribution is -0.107. The topological polar surface area (TPSA) is 37.3 Å². The van der Waals surface area contributed by atoms with E-state index in [2.05, 4.69) is 19.1 Å². The minimum atomic E-state index is -0.116. The van der Waals surface area contributed by atoms with Crippen molar-refractivity contribution in [3.05, 3.63) is 35.4 Å². The van der Waals surface area contributed by atoms with Crippen molar-refractivity contribution in [2.45, 2.75) is 45.1 Å². The summed E-state index contributed by atoms with van der Waals surface area (Å²) in [6, 6.07) is 8.26. The molecule has 17 heavy (non-hydrogen) atoms. The highest BCUT2D eigenvalue weighted by atomic mass is 16.3. The third-order valence-corrected chi connectivity index (χ3v) is 3.78. The average Bonchev–Trinajstić information content (AvgIpc) is 2.62. The average molecular weight is 232 g/mol. The summed E-state index contributed by atoms with van der Waals surface area (Å²) in [4.78, 5) is 10.4. The number of hydrogen-bond donors (Lipinski definition) is 1. The van der Waals surface area contributed by atoms with E-state index in [0.29, 0.717) is 6.42 Å². The van der Waals surface area contributed by atoms with Gasteiger partial charge in [-0.2, -0.15) is 0 Å². The van der Waals surface area contributed by atoms with Crippen LogP contribution in [-0.2, 0) is 17.6 Å². The molecule has 0 aromatic heterocycles. The minimum Gasteiger partial charge on any atom is -0.393 e. The number of rotatable bonds is 4. The largest absolute Gasteiger partial charge is 0.393 e. The lowest BCUT2D eigenvalue weighted by Crippen LogP contribution is -2.16. The van der Waals surface area contributed by atoms with Crippen LogP contribution in [0.25, 0.3) is 0 Å². The zero-order valence-electron chi connectivity index (χ0n) is 10.4. The zero-order valence-corrected chi connectivity index (χ0v) is 10.4. The van der Waals surface area contributed by atoms with E-state index in [0.717, 1.165) is 37.5 Å². The molecule has 1 aliphatic carbocycles. The Balaban J connectivity index is 2.01. The number of aldehydes is 1. The Hall–Kier alpha value is -1.15. The molecular weight excluding hydrogens is 212 g/mol. The molecule has 1 N–H and O–H groups in total. The predicted octanol–water partition coefficient (Wildman–Crippen LogP) is 2.52. The maximum Gasteiger partial charge on any atom is 0.124 e. The molecule has 0 heterocycles. The van der Waals surface area contributed by atoms with E-state index in [1.165, 1.54) is 5.56 Å². The molecule has 1 saturated carbocycles. The van der Waals surface area contributed by atoms with E-state index < -0.39 is 0 Å². The number of benzene rings is 1. The minimum absolute atomic E-state index is 0.116. The van der Waals surface area contributed by atoms with Gasteiger partial charge in [0, 0.05) is 6.42 Å². The van der Waals surface area contributed by atoms with Crippen LogP contribution in [0.15, 0.2) is 24.3 Å². The molecule has 0 radical (unpaired) electrons. The summed E-state index contributed by atoms with van der Waals surface area (Å²) in [5.74, 6) is 0. The summed E-state index contributed by atoms with van der Waals surface area (Å²) in [5.41, 5.74) is 2.61. The first kappa shape index (κ1) is 12.3. The highest BCUT2D eigenvalue weighted by molar-refractivity contribution is 5.54. The standard InChI is InChI=1S/C15H20O2/c1-15(8-6-14(17)11-15)10-13-4-2-12(3-5-13)7-9-16/h2-5,9,14,17H,6-8,10-11H2,1H3. The van der Waals surface area contributed by atoms with Crippen LogP contribution < -0.4 is 0 Å². The third-order valence-electron chi connectivity index (χ3n) is 3.78. The van der Waals surface area contributed by atoms with Gasteiger partial charge in [-0.3, -0.25) is 0 Å². The monoisotopic (exact) mass is 232 g/mol. The second-order valence-corrected chi connectivity index (χ2v) is 5.57. The molecule has 2 rings (SSSR count). The van der Waals surface area contributed by atoms with E-state index >= 15 is 0 Å². The zero-order chi connectivity index (χ0) is 12.3. The smallest absolute Gasteiger partial charge is 0.124 e. The first-order valence-electron chi connectivity index (χ1n) is 6.31. The van der Waals surface area contributed by atoms with E-state index in [9.17, 15) is 9.90 Å². The SMILES string of the molecule is CC1(Cc2ccc(CC=O)cc2)CCC(O)C1. The Kier molecular flexibility index (Phi) is 3.63. The molecule has 0 bridgehead atoms. The summed E-state index contributed by atoms with van der Waals surface area (Å²) in [5, 5.41) is 9.62. The molecule has 0 saturated heterocycles. The Bertz CT molecular complexity index is 382. The molecule has 1 aliphatic rings. The van der Waals surface area contributed by atoms with Crippen molar-refractivity contribution in [2.75, 3.05) is 0 Å². The lowest BCUT2D eigenvalue weighted by atomic mass is 9.82. The summed E-state index contributed by atoms with van der Waals surface area (Å²) in [6.45, 7) is 2.25. The normalized spacial score (nSPS) is 28.2. The lowest BCUT2D eigenvalue weighted by Gasteiger charge is -2.23. The summed E-state index contributed by atoms with van der Waals surface area (Å²) in [7, 11) is 0. The van der Waals surface area contributed by atoms with Gasteiger partial charge in [-0.15, -0.1) is 0 Å². The fourth-order valence-corrected chi connectivity index (χ4v) is 2.83. The van der Waals surface area contributed by atoms with Crippen LogP contribution in [0.4, 0.5) is 0 Å². The number of carbonyl (C=O) groups excluding carboxylic acids is 1. The van der Waals surface area contributed by atoms with E-state index in [1.54, 1.807) is 0 Å². The van der Waals surface area contributed by atoms with Crippen molar-refractivity contribution in [3.63, 3.8) is 0 Å². The maximum absolute atomic E-state index is 10.4. The molecule has 0 amide bonds. The fraction of sp³-hybridized carbons (Fsp3) is 0.533. The van der Waals surface area contributed by atoms with Crippen molar-refractivity contribution in [3.8, 4) is 0 Å².